The zero-order chi connectivity index (χ0) is 28.7. The Bertz CT molecular complexity index is 1260. The van der Waals surface area contributed by atoms with Gasteiger partial charge in [0.15, 0.2) is 0 Å². The van der Waals surface area contributed by atoms with Gasteiger partial charge in [-0.2, -0.15) is 0 Å². The largest absolute Gasteiger partial charge is 0.497 e. The van der Waals surface area contributed by atoms with Gasteiger partial charge in [0.2, 0.25) is 5.91 Å². The maximum Gasteiger partial charge on any atom is 0.323 e. The molecule has 8 heteroatoms. The van der Waals surface area contributed by atoms with Crippen molar-refractivity contribution in [1.82, 2.24) is 4.90 Å². The van der Waals surface area contributed by atoms with Crippen LogP contribution in [0.4, 0.5) is 21.9 Å². The van der Waals surface area contributed by atoms with E-state index in [2.05, 4.69) is 10.6 Å². The summed E-state index contributed by atoms with van der Waals surface area (Å²) in [6, 6.07) is 20.3. The molecule has 0 bridgehead atoms. The molecule has 0 saturated heterocycles. The normalized spacial score (nSPS) is 11.8. The third-order valence-corrected chi connectivity index (χ3v) is 6.42. The fraction of sp³-hybridized carbons (Fsp3) is 0.355. The number of methoxy groups -OCH3 is 2. The lowest BCUT2D eigenvalue weighted by Crippen LogP contribution is -2.40. The molecule has 3 amide bonds. The predicted molar refractivity (Wildman–Crippen MR) is 158 cm³/mol. The van der Waals surface area contributed by atoms with Crippen molar-refractivity contribution in [3.05, 3.63) is 77.9 Å². The second-order valence-corrected chi connectivity index (χ2v) is 10.7. The summed E-state index contributed by atoms with van der Waals surface area (Å²) >= 11 is 0. The van der Waals surface area contributed by atoms with E-state index >= 15 is 0 Å². The molecule has 0 aliphatic carbocycles. The number of hydrogen-bond acceptors (Lipinski definition) is 5. The minimum absolute atomic E-state index is 0.0478. The van der Waals surface area contributed by atoms with Crippen LogP contribution >= 0.6 is 0 Å². The van der Waals surface area contributed by atoms with Gasteiger partial charge in [0, 0.05) is 61.3 Å². The molecule has 0 fully saturated rings. The van der Waals surface area contributed by atoms with E-state index in [0.717, 1.165) is 16.8 Å². The summed E-state index contributed by atoms with van der Waals surface area (Å²) in [6.07, 6.45) is 0. The van der Waals surface area contributed by atoms with Crippen molar-refractivity contribution >= 4 is 29.0 Å². The van der Waals surface area contributed by atoms with E-state index in [4.69, 9.17) is 9.47 Å². The second kappa shape index (κ2) is 12.6. The molecule has 1 unspecified atom stereocenters. The lowest BCUT2D eigenvalue weighted by atomic mass is 9.92. The summed E-state index contributed by atoms with van der Waals surface area (Å²) in [4.78, 5) is 30.5. The zero-order valence-electron chi connectivity index (χ0n) is 24.2. The Morgan fingerprint density at radius 2 is 1.44 bits per heavy atom. The van der Waals surface area contributed by atoms with E-state index in [1.165, 1.54) is 0 Å². The number of ether oxygens (including phenoxy) is 2. The monoisotopic (exact) mass is 532 g/mol. The highest BCUT2D eigenvalue weighted by molar-refractivity contribution is 6.00. The molecule has 1 atom stereocenters. The van der Waals surface area contributed by atoms with Crippen LogP contribution in [0.3, 0.4) is 0 Å². The first kappa shape index (κ1) is 29.4. The van der Waals surface area contributed by atoms with E-state index in [-0.39, 0.29) is 11.9 Å². The summed E-state index contributed by atoms with van der Waals surface area (Å²) in [6.45, 7) is 8.23. The zero-order valence-corrected chi connectivity index (χ0v) is 24.2. The predicted octanol–water partition coefficient (Wildman–Crippen LogP) is 6.55. The summed E-state index contributed by atoms with van der Waals surface area (Å²) in [5.74, 6) is 1.18. The van der Waals surface area contributed by atoms with Crippen LogP contribution in [0, 0.1) is 5.41 Å². The molecule has 208 valence electrons. The number of carbonyl (C=O) groups excluding carboxylic acids is 2. The lowest BCUT2D eigenvalue weighted by Gasteiger charge is -2.35. The van der Waals surface area contributed by atoms with E-state index < -0.39 is 11.4 Å². The standard InChI is InChI=1S/C31H40N4O4/c1-21(22-12-10-9-11-13-22)35(29(36)31(2,3)4)20-23-16-24(14-15-28(23)34(5)6)32-30(37)33-25-17-26(38-7)19-27(18-25)39-8/h9-19,21H,20H2,1-8H3,(H2,32,33,37). The van der Waals surface area contributed by atoms with Gasteiger partial charge in [0.1, 0.15) is 11.5 Å². The van der Waals surface area contributed by atoms with Crippen LogP contribution in [0.1, 0.15) is 44.9 Å². The number of anilines is 3. The molecule has 2 N–H and O–H groups in total. The highest BCUT2D eigenvalue weighted by Crippen LogP contribution is 2.32. The van der Waals surface area contributed by atoms with Gasteiger partial charge in [-0.25, -0.2) is 4.79 Å². The van der Waals surface area contributed by atoms with Crippen LogP contribution in [-0.4, -0.2) is 45.2 Å². The molecule has 39 heavy (non-hydrogen) atoms. The Kier molecular flexibility index (Phi) is 9.46. The number of nitrogens with zero attached hydrogens (tertiary/aromatic N) is 2. The molecule has 0 spiro atoms. The summed E-state index contributed by atoms with van der Waals surface area (Å²) in [7, 11) is 7.04. The Morgan fingerprint density at radius 3 is 1.97 bits per heavy atom. The van der Waals surface area contributed by atoms with Gasteiger partial charge in [0.05, 0.1) is 20.3 Å². The Labute approximate surface area is 231 Å². The Hall–Kier alpha value is -4.20. The maximum atomic E-state index is 13.6. The smallest absolute Gasteiger partial charge is 0.323 e. The number of urea groups is 1. The van der Waals surface area contributed by atoms with Crippen molar-refractivity contribution in [2.45, 2.75) is 40.3 Å². The number of amides is 3. The number of nitrogens with one attached hydrogen (secondary N) is 2. The quantitative estimate of drug-likeness (QED) is 0.327. The number of benzene rings is 3. The molecular formula is C31H40N4O4. The van der Waals surface area contributed by atoms with Crippen LogP contribution in [0.2, 0.25) is 0 Å². The second-order valence-electron chi connectivity index (χ2n) is 10.7. The molecule has 0 saturated carbocycles. The van der Waals surface area contributed by atoms with Gasteiger partial charge in [0.25, 0.3) is 0 Å². The first-order valence-corrected chi connectivity index (χ1v) is 12.9. The first-order chi connectivity index (χ1) is 18.4. The highest BCUT2D eigenvalue weighted by Gasteiger charge is 2.31. The topological polar surface area (TPSA) is 83.1 Å². The number of hydrogen-bond donors (Lipinski definition) is 2. The summed E-state index contributed by atoms with van der Waals surface area (Å²) < 4.78 is 10.6. The fourth-order valence-electron chi connectivity index (χ4n) is 4.31. The van der Waals surface area contributed by atoms with E-state index in [1.807, 2.05) is 100 Å². The third-order valence-electron chi connectivity index (χ3n) is 6.42. The molecule has 0 aromatic heterocycles. The summed E-state index contributed by atoms with van der Waals surface area (Å²) in [5.41, 5.74) is 3.52. The van der Waals surface area contributed by atoms with Crippen molar-refractivity contribution < 1.29 is 19.1 Å². The van der Waals surface area contributed by atoms with Crippen LogP contribution in [-0.2, 0) is 11.3 Å². The van der Waals surface area contributed by atoms with E-state index in [1.54, 1.807) is 32.4 Å². The first-order valence-electron chi connectivity index (χ1n) is 12.9. The van der Waals surface area contributed by atoms with Crippen molar-refractivity contribution in [3.8, 4) is 11.5 Å². The number of rotatable bonds is 9. The molecule has 0 radical (unpaired) electrons. The molecule has 8 nitrogen and oxygen atoms in total. The molecule has 0 aliphatic heterocycles. The van der Waals surface area contributed by atoms with Crippen molar-refractivity contribution in [2.75, 3.05) is 43.8 Å². The fourth-order valence-corrected chi connectivity index (χ4v) is 4.31. The molecule has 0 aliphatic rings. The average molecular weight is 533 g/mol. The Morgan fingerprint density at radius 1 is 0.846 bits per heavy atom. The summed E-state index contributed by atoms with van der Waals surface area (Å²) in [5, 5.41) is 5.74. The van der Waals surface area contributed by atoms with Crippen molar-refractivity contribution in [2.24, 2.45) is 5.41 Å². The molecule has 3 aromatic carbocycles. The molecule has 3 aromatic rings. The molecule has 0 heterocycles. The SMILES string of the molecule is COc1cc(NC(=O)Nc2ccc(N(C)C)c(CN(C(=O)C(C)(C)C)C(C)c3ccccc3)c2)cc(OC)c1. The van der Waals surface area contributed by atoms with Gasteiger partial charge in [-0.15, -0.1) is 0 Å². The minimum Gasteiger partial charge on any atom is -0.497 e. The van der Waals surface area contributed by atoms with E-state index in [9.17, 15) is 9.59 Å². The van der Waals surface area contributed by atoms with Crippen molar-refractivity contribution in [3.63, 3.8) is 0 Å². The Balaban J connectivity index is 1.90. The average Bonchev–Trinajstić information content (AvgIpc) is 2.90. The van der Waals surface area contributed by atoms with Crippen molar-refractivity contribution in [1.29, 1.82) is 0 Å². The highest BCUT2D eigenvalue weighted by atomic mass is 16.5. The van der Waals surface area contributed by atoms with Gasteiger partial charge in [-0.05, 0) is 36.2 Å². The number of carbonyl (C=O) groups is 2. The van der Waals surface area contributed by atoms with Gasteiger partial charge >= 0.3 is 6.03 Å². The van der Waals surface area contributed by atoms with Crippen LogP contribution in [0.5, 0.6) is 11.5 Å². The van der Waals surface area contributed by atoms with E-state index in [0.29, 0.717) is 29.4 Å². The van der Waals surface area contributed by atoms with Gasteiger partial charge in [-0.1, -0.05) is 51.1 Å². The molecule has 3 rings (SSSR count). The van der Waals surface area contributed by atoms with Crippen LogP contribution in [0.15, 0.2) is 66.7 Å². The lowest BCUT2D eigenvalue weighted by molar-refractivity contribution is -0.142. The minimum atomic E-state index is -0.561. The van der Waals surface area contributed by atoms with Gasteiger partial charge < -0.3 is 29.9 Å². The van der Waals surface area contributed by atoms with Gasteiger partial charge in [-0.3, -0.25) is 4.79 Å². The third kappa shape index (κ3) is 7.66. The van der Waals surface area contributed by atoms with Crippen LogP contribution in [0.25, 0.3) is 0 Å². The molecular weight excluding hydrogens is 492 g/mol. The maximum absolute atomic E-state index is 13.6. The van der Waals surface area contributed by atoms with Crippen LogP contribution < -0.4 is 25.0 Å².